The smallest absolute Gasteiger partial charge is 0.251 e. The number of nitrogens with one attached hydrogen (secondary N) is 2. The highest BCUT2D eigenvalue weighted by Crippen LogP contribution is 2.17. The second-order valence-electron chi connectivity index (χ2n) is 4.99. The summed E-state index contributed by atoms with van der Waals surface area (Å²) in [4.78, 5) is 19.3. The minimum absolute atomic E-state index is 0.00828. The number of nitrogens with zero attached hydrogens (tertiary/aromatic N) is 1. The quantitative estimate of drug-likeness (QED) is 0.828. The van der Waals surface area contributed by atoms with Crippen molar-refractivity contribution in [2.75, 3.05) is 6.54 Å². The van der Waals surface area contributed by atoms with E-state index in [1.165, 1.54) is 0 Å². The lowest BCUT2D eigenvalue weighted by Crippen LogP contribution is -2.29. The van der Waals surface area contributed by atoms with Crippen LogP contribution in [0.25, 0.3) is 11.0 Å². The van der Waals surface area contributed by atoms with Crippen molar-refractivity contribution in [2.24, 2.45) is 5.92 Å². The number of imidazole rings is 1. The molecule has 0 aliphatic heterocycles. The molecule has 2 aromatic rings. The third-order valence-corrected chi connectivity index (χ3v) is 3.61. The molecule has 0 fully saturated rings. The fourth-order valence-electron chi connectivity index (χ4n) is 2.46. The topological polar surface area (TPSA) is 57.8 Å². The van der Waals surface area contributed by atoms with Crippen molar-refractivity contribution in [3.8, 4) is 0 Å². The molecule has 19 heavy (non-hydrogen) atoms. The summed E-state index contributed by atoms with van der Waals surface area (Å²) >= 11 is 0. The predicted molar refractivity (Wildman–Crippen MR) is 74.9 cm³/mol. The highest BCUT2D eigenvalue weighted by atomic mass is 16.1. The molecule has 0 saturated heterocycles. The monoisotopic (exact) mass is 255 g/mol. The zero-order chi connectivity index (χ0) is 13.1. The van der Waals surface area contributed by atoms with Gasteiger partial charge in [-0.1, -0.05) is 12.2 Å². The third kappa shape index (κ3) is 2.67. The standard InChI is InChI=1S/C15H17N3O/c19-15(16-9-11-4-2-1-3-5-11)12-6-7-13-14(8-12)18-10-17-13/h1-2,6-8,10-11H,3-5,9H2,(H,16,19)(H,17,18). The average molecular weight is 255 g/mol. The maximum absolute atomic E-state index is 12.1. The van der Waals surface area contributed by atoms with Gasteiger partial charge in [0.05, 0.1) is 17.4 Å². The van der Waals surface area contributed by atoms with Crippen LogP contribution in [0, 0.1) is 5.92 Å². The summed E-state index contributed by atoms with van der Waals surface area (Å²) in [5.41, 5.74) is 2.46. The number of carbonyl (C=O) groups is 1. The molecule has 0 spiro atoms. The highest BCUT2D eigenvalue weighted by Gasteiger charge is 2.12. The van der Waals surface area contributed by atoms with Crippen molar-refractivity contribution in [1.29, 1.82) is 0 Å². The fraction of sp³-hybridized carbons (Fsp3) is 0.333. The number of fused-ring (bicyclic) bond motifs is 1. The SMILES string of the molecule is O=C(NCC1CC=CCC1)c1ccc2nc[nH]c2c1. The van der Waals surface area contributed by atoms with Crippen molar-refractivity contribution in [3.05, 3.63) is 42.2 Å². The Hall–Kier alpha value is -2.10. The number of H-pyrrole nitrogens is 1. The van der Waals surface area contributed by atoms with Crippen LogP contribution < -0.4 is 5.32 Å². The molecule has 1 aromatic heterocycles. The van der Waals surface area contributed by atoms with Crippen LogP contribution in [0.2, 0.25) is 0 Å². The van der Waals surface area contributed by atoms with Gasteiger partial charge in [0.15, 0.2) is 0 Å². The normalized spacial score (nSPS) is 18.6. The first-order chi connectivity index (χ1) is 9.33. The van der Waals surface area contributed by atoms with Gasteiger partial charge in [-0.15, -0.1) is 0 Å². The number of carbonyl (C=O) groups excluding carboxylic acids is 1. The maximum atomic E-state index is 12.1. The minimum atomic E-state index is -0.00828. The van der Waals surface area contributed by atoms with Crippen LogP contribution in [-0.4, -0.2) is 22.4 Å². The number of amides is 1. The van der Waals surface area contributed by atoms with Crippen LogP contribution in [0.3, 0.4) is 0 Å². The Morgan fingerprint density at radius 2 is 2.37 bits per heavy atom. The van der Waals surface area contributed by atoms with Crippen LogP contribution in [0.4, 0.5) is 0 Å². The van der Waals surface area contributed by atoms with Crippen molar-refractivity contribution in [1.82, 2.24) is 15.3 Å². The lowest BCUT2D eigenvalue weighted by Gasteiger charge is -2.18. The summed E-state index contributed by atoms with van der Waals surface area (Å²) in [6.07, 6.45) is 9.42. The van der Waals surface area contributed by atoms with Crippen molar-refractivity contribution in [2.45, 2.75) is 19.3 Å². The molecule has 98 valence electrons. The largest absolute Gasteiger partial charge is 0.352 e. The second kappa shape index (κ2) is 5.26. The molecule has 4 heteroatoms. The summed E-state index contributed by atoms with van der Waals surface area (Å²) < 4.78 is 0. The van der Waals surface area contributed by atoms with Crippen LogP contribution in [0.15, 0.2) is 36.7 Å². The fourth-order valence-corrected chi connectivity index (χ4v) is 2.46. The Morgan fingerprint density at radius 3 is 3.21 bits per heavy atom. The van der Waals surface area contributed by atoms with Gasteiger partial charge in [0.1, 0.15) is 0 Å². The number of hydrogen-bond donors (Lipinski definition) is 2. The van der Waals surface area contributed by atoms with Gasteiger partial charge in [-0.2, -0.15) is 0 Å². The third-order valence-electron chi connectivity index (χ3n) is 3.61. The first-order valence-electron chi connectivity index (χ1n) is 6.69. The van der Waals surface area contributed by atoms with Crippen LogP contribution in [-0.2, 0) is 0 Å². The first-order valence-corrected chi connectivity index (χ1v) is 6.69. The molecule has 1 amide bonds. The molecule has 1 heterocycles. The van der Waals surface area contributed by atoms with Crippen molar-refractivity contribution < 1.29 is 4.79 Å². The van der Waals surface area contributed by atoms with Gasteiger partial charge in [-0.3, -0.25) is 4.79 Å². The van der Waals surface area contributed by atoms with E-state index in [1.54, 1.807) is 6.33 Å². The van der Waals surface area contributed by atoms with Gasteiger partial charge in [-0.05, 0) is 43.4 Å². The Morgan fingerprint density at radius 1 is 1.42 bits per heavy atom. The average Bonchev–Trinajstić information content (AvgIpc) is 2.93. The van der Waals surface area contributed by atoms with Gasteiger partial charge in [0, 0.05) is 12.1 Å². The van der Waals surface area contributed by atoms with Crippen LogP contribution >= 0.6 is 0 Å². The van der Waals surface area contributed by atoms with E-state index in [4.69, 9.17) is 0 Å². The molecule has 0 radical (unpaired) electrons. The van der Waals surface area contributed by atoms with E-state index >= 15 is 0 Å². The molecule has 1 aliphatic rings. The molecule has 0 bridgehead atoms. The van der Waals surface area contributed by atoms with Crippen LogP contribution in [0.1, 0.15) is 29.6 Å². The van der Waals surface area contributed by atoms with Gasteiger partial charge in [0.25, 0.3) is 5.91 Å². The van der Waals surface area contributed by atoms with Gasteiger partial charge in [0.2, 0.25) is 0 Å². The number of hydrogen-bond acceptors (Lipinski definition) is 2. The van der Waals surface area contributed by atoms with E-state index in [9.17, 15) is 4.79 Å². The zero-order valence-electron chi connectivity index (χ0n) is 10.7. The zero-order valence-corrected chi connectivity index (χ0v) is 10.7. The molecule has 1 atom stereocenters. The summed E-state index contributed by atoms with van der Waals surface area (Å²) in [7, 11) is 0. The summed E-state index contributed by atoms with van der Waals surface area (Å²) in [5.74, 6) is 0.566. The summed E-state index contributed by atoms with van der Waals surface area (Å²) in [5, 5.41) is 3.02. The molecular formula is C15H17N3O. The second-order valence-corrected chi connectivity index (χ2v) is 4.99. The maximum Gasteiger partial charge on any atom is 0.251 e. The molecular weight excluding hydrogens is 238 g/mol. The Balaban J connectivity index is 1.64. The first kappa shape index (κ1) is 12.0. The highest BCUT2D eigenvalue weighted by molar-refractivity contribution is 5.97. The summed E-state index contributed by atoms with van der Waals surface area (Å²) in [6.45, 7) is 0.754. The number of aromatic amines is 1. The Bertz CT molecular complexity index is 615. The summed E-state index contributed by atoms with van der Waals surface area (Å²) in [6, 6.07) is 5.53. The minimum Gasteiger partial charge on any atom is -0.352 e. The van der Waals surface area contributed by atoms with E-state index in [2.05, 4.69) is 27.4 Å². The van der Waals surface area contributed by atoms with E-state index in [-0.39, 0.29) is 5.91 Å². The molecule has 0 saturated carbocycles. The molecule has 2 N–H and O–H groups in total. The van der Waals surface area contributed by atoms with Gasteiger partial charge in [-0.25, -0.2) is 4.98 Å². The lowest BCUT2D eigenvalue weighted by atomic mass is 9.94. The Kier molecular flexibility index (Phi) is 3.31. The van der Waals surface area contributed by atoms with Crippen molar-refractivity contribution >= 4 is 16.9 Å². The van der Waals surface area contributed by atoms with Gasteiger partial charge < -0.3 is 10.3 Å². The Labute approximate surface area is 111 Å². The van der Waals surface area contributed by atoms with E-state index in [0.29, 0.717) is 11.5 Å². The van der Waals surface area contributed by atoms with Gasteiger partial charge >= 0.3 is 0 Å². The lowest BCUT2D eigenvalue weighted by molar-refractivity contribution is 0.0946. The number of allylic oxidation sites excluding steroid dienone is 2. The molecule has 1 aliphatic carbocycles. The molecule has 1 aromatic carbocycles. The van der Waals surface area contributed by atoms with E-state index in [1.807, 2.05) is 18.2 Å². The van der Waals surface area contributed by atoms with Crippen molar-refractivity contribution in [3.63, 3.8) is 0 Å². The molecule has 4 nitrogen and oxygen atoms in total. The number of rotatable bonds is 3. The number of benzene rings is 1. The van der Waals surface area contributed by atoms with E-state index < -0.39 is 0 Å². The van der Waals surface area contributed by atoms with E-state index in [0.717, 1.165) is 36.8 Å². The molecule has 1 unspecified atom stereocenters. The number of aromatic nitrogens is 2. The predicted octanol–water partition coefficient (Wildman–Crippen LogP) is 2.65. The molecule has 3 rings (SSSR count). The van der Waals surface area contributed by atoms with Crippen LogP contribution in [0.5, 0.6) is 0 Å².